The number of halogens is 3. The van der Waals surface area contributed by atoms with Gasteiger partial charge in [-0.25, -0.2) is 14.1 Å². The number of rotatable bonds is 4. The van der Waals surface area contributed by atoms with E-state index in [0.29, 0.717) is 16.1 Å². The maximum Gasteiger partial charge on any atom is 0.333 e. The van der Waals surface area contributed by atoms with Gasteiger partial charge in [0, 0.05) is 35.0 Å². The molecule has 0 atom stereocenters. The highest BCUT2D eigenvalue weighted by Crippen LogP contribution is 2.43. The van der Waals surface area contributed by atoms with E-state index in [9.17, 15) is 18.0 Å². The summed E-state index contributed by atoms with van der Waals surface area (Å²) in [4.78, 5) is 22.4. The summed E-state index contributed by atoms with van der Waals surface area (Å²) in [5, 5.41) is 4.25. The van der Waals surface area contributed by atoms with Gasteiger partial charge >= 0.3 is 6.55 Å². The molecule has 0 bridgehead atoms. The Hall–Kier alpha value is -3.23. The standard InChI is InChI=1S/C21H16F3N5O/c22-14-8-12-13-9-28(21(23)24)27-18(13)20(30)29(19(12)26-16(14)10-3-4-10)15-2-1-7-25-17(15)11-5-6-11/h1-2,7-11,21H,3-6H2. The maximum atomic E-state index is 14.8. The van der Waals surface area contributed by atoms with E-state index in [-0.39, 0.29) is 33.8 Å². The lowest BCUT2D eigenvalue weighted by Gasteiger charge is -2.14. The van der Waals surface area contributed by atoms with Crippen molar-refractivity contribution in [1.82, 2.24) is 24.3 Å². The fraction of sp³-hybridized carbons (Fsp3) is 0.333. The summed E-state index contributed by atoms with van der Waals surface area (Å²) in [6, 6.07) is 4.77. The Morgan fingerprint density at radius 1 is 1.07 bits per heavy atom. The van der Waals surface area contributed by atoms with Gasteiger partial charge in [0.25, 0.3) is 5.56 Å². The Morgan fingerprint density at radius 3 is 2.50 bits per heavy atom. The molecule has 0 aromatic carbocycles. The second-order valence-electron chi connectivity index (χ2n) is 7.97. The molecule has 4 aromatic heterocycles. The molecule has 2 fully saturated rings. The predicted octanol–water partition coefficient (Wildman–Crippen LogP) is 4.42. The van der Waals surface area contributed by atoms with Gasteiger partial charge in [-0.05, 0) is 43.9 Å². The Balaban J connectivity index is 1.77. The van der Waals surface area contributed by atoms with Crippen LogP contribution in [0.15, 0.2) is 35.4 Å². The quantitative estimate of drug-likeness (QED) is 0.499. The van der Waals surface area contributed by atoms with Crippen LogP contribution in [0.25, 0.3) is 27.6 Å². The highest BCUT2D eigenvalue weighted by atomic mass is 19.3. The second-order valence-corrected chi connectivity index (χ2v) is 7.97. The molecule has 9 heteroatoms. The summed E-state index contributed by atoms with van der Waals surface area (Å²) in [5.41, 5.74) is 1.16. The van der Waals surface area contributed by atoms with Gasteiger partial charge in [0.2, 0.25) is 0 Å². The molecule has 0 aliphatic heterocycles. The molecular weight excluding hydrogens is 395 g/mol. The highest BCUT2D eigenvalue weighted by Gasteiger charge is 2.32. The van der Waals surface area contributed by atoms with Crippen LogP contribution in [0.3, 0.4) is 0 Å². The third-order valence-corrected chi connectivity index (χ3v) is 5.81. The molecule has 0 amide bonds. The van der Waals surface area contributed by atoms with Crippen molar-refractivity contribution in [1.29, 1.82) is 0 Å². The smallest absolute Gasteiger partial charge is 0.266 e. The van der Waals surface area contributed by atoms with Crippen LogP contribution in [0.2, 0.25) is 0 Å². The Labute approximate surface area is 168 Å². The minimum Gasteiger partial charge on any atom is -0.266 e. The molecule has 2 aliphatic carbocycles. The van der Waals surface area contributed by atoms with Crippen LogP contribution < -0.4 is 5.56 Å². The number of hydrogen-bond acceptors (Lipinski definition) is 4. The molecule has 2 aliphatic rings. The lowest BCUT2D eigenvalue weighted by molar-refractivity contribution is 0.0573. The van der Waals surface area contributed by atoms with Crippen LogP contribution in [0.1, 0.15) is 55.5 Å². The number of hydrogen-bond donors (Lipinski definition) is 0. The number of pyridine rings is 3. The zero-order valence-electron chi connectivity index (χ0n) is 15.7. The Bertz CT molecular complexity index is 1390. The van der Waals surface area contributed by atoms with Crippen LogP contribution in [0.5, 0.6) is 0 Å². The van der Waals surface area contributed by atoms with E-state index in [4.69, 9.17) is 0 Å². The first kappa shape index (κ1) is 17.6. The van der Waals surface area contributed by atoms with Crippen molar-refractivity contribution in [3.63, 3.8) is 0 Å². The Kier molecular flexibility index (Phi) is 3.60. The Morgan fingerprint density at radius 2 is 1.80 bits per heavy atom. The first-order chi connectivity index (χ1) is 14.5. The summed E-state index contributed by atoms with van der Waals surface area (Å²) in [7, 11) is 0. The molecule has 0 radical (unpaired) electrons. The summed E-state index contributed by atoms with van der Waals surface area (Å²) in [6.07, 6.45) is 6.35. The molecule has 0 spiro atoms. The fourth-order valence-electron chi connectivity index (χ4n) is 4.05. The topological polar surface area (TPSA) is 65.6 Å². The number of aromatic nitrogens is 5. The van der Waals surface area contributed by atoms with Crippen molar-refractivity contribution in [3.05, 3.63) is 58.2 Å². The van der Waals surface area contributed by atoms with Crippen molar-refractivity contribution < 1.29 is 13.2 Å². The van der Waals surface area contributed by atoms with Crippen molar-refractivity contribution in [2.75, 3.05) is 0 Å². The number of fused-ring (bicyclic) bond motifs is 3. The molecule has 152 valence electrons. The van der Waals surface area contributed by atoms with E-state index in [0.717, 1.165) is 37.6 Å². The van der Waals surface area contributed by atoms with Crippen LogP contribution in [-0.2, 0) is 0 Å². The van der Waals surface area contributed by atoms with Gasteiger partial charge in [0.1, 0.15) is 11.5 Å². The summed E-state index contributed by atoms with van der Waals surface area (Å²) < 4.78 is 43.2. The van der Waals surface area contributed by atoms with Gasteiger partial charge < -0.3 is 0 Å². The van der Waals surface area contributed by atoms with E-state index in [1.54, 1.807) is 18.3 Å². The van der Waals surface area contributed by atoms with Crippen LogP contribution in [0.4, 0.5) is 13.2 Å². The van der Waals surface area contributed by atoms with E-state index in [1.165, 1.54) is 10.6 Å². The van der Waals surface area contributed by atoms with E-state index in [2.05, 4.69) is 15.1 Å². The minimum atomic E-state index is -2.91. The molecule has 6 nitrogen and oxygen atoms in total. The monoisotopic (exact) mass is 411 g/mol. The SMILES string of the molecule is O=c1c2nn(C(F)F)cc2c2cc(F)c(C3CC3)nc2n1-c1cccnc1C1CC1. The van der Waals surface area contributed by atoms with Crippen LogP contribution in [-0.4, -0.2) is 24.3 Å². The van der Waals surface area contributed by atoms with E-state index >= 15 is 0 Å². The van der Waals surface area contributed by atoms with Crippen LogP contribution >= 0.6 is 0 Å². The summed E-state index contributed by atoms with van der Waals surface area (Å²) >= 11 is 0. The first-order valence-corrected chi connectivity index (χ1v) is 9.90. The van der Waals surface area contributed by atoms with Gasteiger partial charge in [-0.2, -0.15) is 13.9 Å². The van der Waals surface area contributed by atoms with Gasteiger partial charge in [0.05, 0.1) is 17.1 Å². The molecule has 6 rings (SSSR count). The van der Waals surface area contributed by atoms with Crippen molar-refractivity contribution in [3.8, 4) is 5.69 Å². The largest absolute Gasteiger partial charge is 0.333 e. The van der Waals surface area contributed by atoms with Gasteiger partial charge in [-0.1, -0.05) is 0 Å². The molecule has 2 saturated carbocycles. The zero-order valence-corrected chi connectivity index (χ0v) is 15.7. The van der Waals surface area contributed by atoms with Crippen LogP contribution in [0, 0.1) is 5.82 Å². The van der Waals surface area contributed by atoms with Gasteiger partial charge in [-0.3, -0.25) is 14.3 Å². The number of nitrogens with zero attached hydrogens (tertiary/aromatic N) is 5. The normalized spacial score (nSPS) is 16.8. The third kappa shape index (κ3) is 2.57. The third-order valence-electron chi connectivity index (χ3n) is 5.81. The minimum absolute atomic E-state index is 0.0224. The van der Waals surface area contributed by atoms with Crippen molar-refractivity contribution in [2.45, 2.75) is 44.1 Å². The van der Waals surface area contributed by atoms with E-state index in [1.807, 2.05) is 0 Å². The molecular formula is C21H16F3N5O. The average Bonchev–Trinajstić information content (AvgIpc) is 3.66. The molecule has 0 N–H and O–H groups in total. The highest BCUT2D eigenvalue weighted by molar-refractivity contribution is 6.03. The first-order valence-electron chi connectivity index (χ1n) is 9.90. The lowest BCUT2D eigenvalue weighted by Crippen LogP contribution is -2.22. The summed E-state index contributed by atoms with van der Waals surface area (Å²) in [6.45, 7) is -2.91. The zero-order chi connectivity index (χ0) is 20.6. The molecule has 30 heavy (non-hydrogen) atoms. The average molecular weight is 411 g/mol. The molecule has 0 saturated heterocycles. The second kappa shape index (κ2) is 6.13. The van der Waals surface area contributed by atoms with E-state index < -0.39 is 17.9 Å². The molecule has 4 aromatic rings. The molecule has 4 heterocycles. The number of alkyl halides is 2. The van der Waals surface area contributed by atoms with Crippen molar-refractivity contribution in [2.24, 2.45) is 0 Å². The van der Waals surface area contributed by atoms with Gasteiger partial charge in [-0.15, -0.1) is 0 Å². The maximum absolute atomic E-state index is 14.8. The van der Waals surface area contributed by atoms with Crippen molar-refractivity contribution >= 4 is 21.9 Å². The predicted molar refractivity (Wildman–Crippen MR) is 104 cm³/mol. The fourth-order valence-corrected chi connectivity index (χ4v) is 4.05. The summed E-state index contributed by atoms with van der Waals surface area (Å²) in [5.74, 6) is -0.232. The molecule has 0 unspecified atom stereocenters. The van der Waals surface area contributed by atoms with Gasteiger partial charge in [0.15, 0.2) is 5.52 Å². The lowest BCUT2D eigenvalue weighted by atomic mass is 10.1.